The molecule has 0 bridgehead atoms. The van der Waals surface area contributed by atoms with E-state index in [1.54, 1.807) is 11.8 Å². The zero-order valence-electron chi connectivity index (χ0n) is 17.8. The summed E-state index contributed by atoms with van der Waals surface area (Å²) in [5.74, 6) is 0.710. The molecule has 2 aromatic carbocycles. The average molecular weight is 405 g/mol. The minimum atomic E-state index is -0.0415. The number of hydrogen-bond acceptors (Lipinski definition) is 4. The molecule has 6 heteroatoms. The Morgan fingerprint density at radius 3 is 2.50 bits per heavy atom. The number of rotatable bonds is 4. The van der Waals surface area contributed by atoms with Gasteiger partial charge in [-0.1, -0.05) is 24.3 Å². The van der Waals surface area contributed by atoms with Crippen molar-refractivity contribution in [3.8, 4) is 22.7 Å². The molecule has 2 atom stereocenters. The molecule has 1 saturated heterocycles. The highest BCUT2D eigenvalue weighted by atomic mass is 16.5. The van der Waals surface area contributed by atoms with Crippen molar-refractivity contribution in [2.24, 2.45) is 0 Å². The molecule has 2 heterocycles. The zero-order valence-corrected chi connectivity index (χ0v) is 17.8. The lowest BCUT2D eigenvalue weighted by atomic mass is 10.1. The maximum Gasteiger partial charge on any atom is 0.272 e. The number of ether oxygens (including phenoxy) is 2. The van der Waals surface area contributed by atoms with Crippen molar-refractivity contribution in [3.05, 3.63) is 65.9 Å². The fourth-order valence-electron chi connectivity index (χ4n) is 3.92. The standard InChI is InChI=1S/C24H27N3O3/c1-16-7-5-9-20(11-16)27-23(24(28)26-14-17(2)30-18(3)15-26)13-22(25-27)19-8-6-10-21(12-19)29-4/h5-13,17-18H,14-15H2,1-4H3/t17-,18-/m1/s1. The van der Waals surface area contributed by atoms with Crippen LogP contribution in [-0.2, 0) is 4.74 Å². The van der Waals surface area contributed by atoms with Crippen LogP contribution in [0.15, 0.2) is 54.6 Å². The van der Waals surface area contributed by atoms with E-state index in [0.717, 1.165) is 28.3 Å². The molecule has 1 amide bonds. The molecule has 0 saturated carbocycles. The summed E-state index contributed by atoms with van der Waals surface area (Å²) in [6.45, 7) is 7.15. The number of amides is 1. The molecular weight excluding hydrogens is 378 g/mol. The van der Waals surface area contributed by atoms with Crippen molar-refractivity contribution in [2.45, 2.75) is 33.0 Å². The minimum Gasteiger partial charge on any atom is -0.497 e. The van der Waals surface area contributed by atoms with E-state index in [1.807, 2.05) is 80.3 Å². The third-order valence-electron chi connectivity index (χ3n) is 5.25. The summed E-state index contributed by atoms with van der Waals surface area (Å²) in [6, 6.07) is 17.6. The second-order valence-electron chi connectivity index (χ2n) is 7.87. The van der Waals surface area contributed by atoms with Crippen molar-refractivity contribution >= 4 is 5.91 Å². The Morgan fingerprint density at radius 2 is 1.80 bits per heavy atom. The van der Waals surface area contributed by atoms with E-state index in [0.29, 0.717) is 18.8 Å². The number of aromatic nitrogens is 2. The van der Waals surface area contributed by atoms with E-state index >= 15 is 0 Å². The first-order valence-corrected chi connectivity index (χ1v) is 10.2. The van der Waals surface area contributed by atoms with Gasteiger partial charge in [-0.25, -0.2) is 4.68 Å². The monoisotopic (exact) mass is 405 g/mol. The van der Waals surface area contributed by atoms with Gasteiger partial charge >= 0.3 is 0 Å². The normalized spacial score (nSPS) is 19.0. The highest BCUT2D eigenvalue weighted by Crippen LogP contribution is 2.26. The first-order chi connectivity index (χ1) is 14.4. The molecular formula is C24H27N3O3. The number of methoxy groups -OCH3 is 1. The van der Waals surface area contributed by atoms with E-state index in [2.05, 4.69) is 0 Å². The van der Waals surface area contributed by atoms with Gasteiger partial charge < -0.3 is 14.4 Å². The van der Waals surface area contributed by atoms with E-state index < -0.39 is 0 Å². The second kappa shape index (κ2) is 8.32. The Hall–Kier alpha value is -3.12. The van der Waals surface area contributed by atoms with Crippen molar-refractivity contribution in [1.29, 1.82) is 0 Å². The second-order valence-corrected chi connectivity index (χ2v) is 7.87. The molecule has 1 fully saturated rings. The summed E-state index contributed by atoms with van der Waals surface area (Å²) < 4.78 is 12.9. The summed E-state index contributed by atoms with van der Waals surface area (Å²) in [5, 5.41) is 4.80. The number of aryl methyl sites for hydroxylation is 1. The Kier molecular flexibility index (Phi) is 5.59. The van der Waals surface area contributed by atoms with E-state index in [-0.39, 0.29) is 18.1 Å². The van der Waals surface area contributed by atoms with Crippen LogP contribution < -0.4 is 4.74 Å². The van der Waals surface area contributed by atoms with Crippen molar-refractivity contribution in [1.82, 2.24) is 14.7 Å². The number of carbonyl (C=O) groups is 1. The van der Waals surface area contributed by atoms with Crippen LogP contribution in [-0.4, -0.2) is 53.0 Å². The summed E-state index contributed by atoms with van der Waals surface area (Å²) in [4.78, 5) is 15.4. The predicted octanol–water partition coefficient (Wildman–Crippen LogP) is 4.11. The van der Waals surface area contributed by atoms with Crippen LogP contribution in [0.1, 0.15) is 29.9 Å². The van der Waals surface area contributed by atoms with Crippen LogP contribution in [0, 0.1) is 6.92 Å². The first kappa shape index (κ1) is 20.2. The van der Waals surface area contributed by atoms with Crippen molar-refractivity contribution < 1.29 is 14.3 Å². The maximum atomic E-state index is 13.5. The molecule has 0 spiro atoms. The summed E-state index contributed by atoms with van der Waals surface area (Å²) >= 11 is 0. The summed E-state index contributed by atoms with van der Waals surface area (Å²) in [7, 11) is 1.64. The molecule has 0 radical (unpaired) electrons. The number of carbonyl (C=O) groups excluding carboxylic acids is 1. The number of nitrogens with zero attached hydrogens (tertiary/aromatic N) is 3. The van der Waals surface area contributed by atoms with Gasteiger partial charge in [-0.15, -0.1) is 0 Å². The number of hydrogen-bond donors (Lipinski definition) is 0. The van der Waals surface area contributed by atoms with Gasteiger partial charge in [0, 0.05) is 18.7 Å². The van der Waals surface area contributed by atoms with Crippen molar-refractivity contribution in [3.63, 3.8) is 0 Å². The molecule has 6 nitrogen and oxygen atoms in total. The van der Waals surface area contributed by atoms with Crippen molar-refractivity contribution in [2.75, 3.05) is 20.2 Å². The van der Waals surface area contributed by atoms with Crippen LogP contribution in [0.4, 0.5) is 0 Å². The number of benzene rings is 2. The lowest BCUT2D eigenvalue weighted by Gasteiger charge is -2.35. The number of morpholine rings is 1. The Labute approximate surface area is 177 Å². The van der Waals surface area contributed by atoms with Crippen LogP contribution in [0.2, 0.25) is 0 Å². The molecule has 1 aliphatic heterocycles. The van der Waals surface area contributed by atoms with Gasteiger partial charge in [0.2, 0.25) is 0 Å². The molecule has 1 aliphatic rings. The molecule has 1 aromatic heterocycles. The molecule has 0 aliphatic carbocycles. The van der Waals surface area contributed by atoms with Gasteiger partial charge in [-0.3, -0.25) is 4.79 Å². The summed E-state index contributed by atoms with van der Waals surface area (Å²) in [6.07, 6.45) is 0.0109. The van der Waals surface area contributed by atoms with Crippen LogP contribution in [0.25, 0.3) is 16.9 Å². The van der Waals surface area contributed by atoms with Crippen LogP contribution >= 0.6 is 0 Å². The Morgan fingerprint density at radius 1 is 1.07 bits per heavy atom. The molecule has 0 N–H and O–H groups in total. The highest BCUT2D eigenvalue weighted by molar-refractivity contribution is 5.94. The first-order valence-electron chi connectivity index (χ1n) is 10.2. The SMILES string of the molecule is COc1cccc(-c2cc(C(=O)N3C[C@@H](C)O[C@H](C)C3)n(-c3cccc(C)c3)n2)c1. The molecule has 3 aromatic rings. The lowest BCUT2D eigenvalue weighted by molar-refractivity contribution is -0.0588. The van der Waals surface area contributed by atoms with Gasteiger partial charge in [-0.05, 0) is 56.7 Å². The smallest absolute Gasteiger partial charge is 0.272 e. The van der Waals surface area contributed by atoms with Gasteiger partial charge in [0.25, 0.3) is 5.91 Å². The average Bonchev–Trinajstić information content (AvgIpc) is 3.18. The lowest BCUT2D eigenvalue weighted by Crippen LogP contribution is -2.48. The quantitative estimate of drug-likeness (QED) is 0.656. The van der Waals surface area contributed by atoms with E-state index in [9.17, 15) is 4.79 Å². The largest absolute Gasteiger partial charge is 0.497 e. The minimum absolute atomic E-state index is 0.00546. The highest BCUT2D eigenvalue weighted by Gasteiger charge is 2.29. The van der Waals surface area contributed by atoms with E-state index in [4.69, 9.17) is 14.6 Å². The molecule has 0 unspecified atom stereocenters. The fourth-order valence-corrected chi connectivity index (χ4v) is 3.92. The molecule has 30 heavy (non-hydrogen) atoms. The van der Waals surface area contributed by atoms with E-state index in [1.165, 1.54) is 0 Å². The zero-order chi connectivity index (χ0) is 21.3. The molecule has 4 rings (SSSR count). The Balaban J connectivity index is 1.79. The van der Waals surface area contributed by atoms with Crippen LogP contribution in [0.3, 0.4) is 0 Å². The molecule has 156 valence electrons. The topological polar surface area (TPSA) is 56.6 Å². The maximum absolute atomic E-state index is 13.5. The van der Waals surface area contributed by atoms with Gasteiger partial charge in [0.15, 0.2) is 0 Å². The Bertz CT molecular complexity index is 1050. The van der Waals surface area contributed by atoms with Gasteiger partial charge in [0.05, 0.1) is 30.7 Å². The predicted molar refractivity (Wildman–Crippen MR) is 116 cm³/mol. The summed E-state index contributed by atoms with van der Waals surface area (Å²) in [5.41, 5.74) is 4.14. The van der Waals surface area contributed by atoms with Gasteiger partial charge in [0.1, 0.15) is 11.4 Å². The third-order valence-corrected chi connectivity index (χ3v) is 5.25. The van der Waals surface area contributed by atoms with Crippen LogP contribution in [0.5, 0.6) is 5.75 Å². The van der Waals surface area contributed by atoms with Gasteiger partial charge in [-0.2, -0.15) is 5.10 Å². The fraction of sp³-hybridized carbons (Fsp3) is 0.333. The third kappa shape index (κ3) is 4.09.